The Labute approximate surface area is 282 Å². The fourth-order valence-corrected chi connectivity index (χ4v) is 6.29. The molecule has 0 aliphatic carbocycles. The first kappa shape index (κ1) is 44.1. The normalized spacial score (nSPS) is 33.7. The highest BCUT2D eigenvalue weighted by Crippen LogP contribution is 2.44. The molecule has 2 heterocycles. The maximum absolute atomic E-state index is 12.6. The monoisotopic (exact) mass is 742 g/mol. The van der Waals surface area contributed by atoms with Crippen molar-refractivity contribution in [3.63, 3.8) is 0 Å². The second kappa shape index (κ2) is 23.5. The van der Waals surface area contributed by atoms with E-state index in [4.69, 9.17) is 53.2 Å². The third-order valence-corrected chi connectivity index (χ3v) is 9.77. The molecule has 19 nitrogen and oxygen atoms in total. The topological polar surface area (TPSA) is 294 Å². The van der Waals surface area contributed by atoms with Crippen LogP contribution in [-0.4, -0.2) is 170 Å². The summed E-state index contributed by atoms with van der Waals surface area (Å²) in [5.74, 6) is 0. The number of aliphatic hydroxyl groups is 6. The van der Waals surface area contributed by atoms with Gasteiger partial charge in [0.2, 0.25) is 0 Å². The molecule has 2 saturated heterocycles. The van der Waals surface area contributed by atoms with Crippen LogP contribution in [0.2, 0.25) is 0 Å². The van der Waals surface area contributed by atoms with E-state index in [0.29, 0.717) is 38.5 Å². The van der Waals surface area contributed by atoms with Crippen LogP contribution in [0.5, 0.6) is 0 Å². The van der Waals surface area contributed by atoms with Crippen LogP contribution in [0.25, 0.3) is 0 Å². The second-order valence-corrected chi connectivity index (χ2v) is 14.6. The van der Waals surface area contributed by atoms with Crippen molar-refractivity contribution in [1.82, 2.24) is 0 Å². The lowest BCUT2D eigenvalue weighted by atomic mass is 9.98. The average Bonchev–Trinajstić information content (AvgIpc) is 3.07. The highest BCUT2D eigenvalue weighted by atomic mass is 31.2. The van der Waals surface area contributed by atoms with Crippen LogP contribution in [0.1, 0.15) is 38.5 Å². The van der Waals surface area contributed by atoms with Gasteiger partial charge in [0.1, 0.15) is 42.7 Å². The summed E-state index contributed by atoms with van der Waals surface area (Å²) < 4.78 is 61.2. The molecule has 0 spiro atoms. The number of aliphatic hydroxyl groups excluding tert-OH is 6. The van der Waals surface area contributed by atoms with Gasteiger partial charge in [-0.2, -0.15) is 0 Å². The van der Waals surface area contributed by atoms with Crippen LogP contribution in [0, 0.1) is 0 Å². The number of methoxy groups -OCH3 is 1. The van der Waals surface area contributed by atoms with Crippen LogP contribution in [-0.2, 0) is 46.3 Å². The summed E-state index contributed by atoms with van der Waals surface area (Å²) in [5.41, 5.74) is 11.7. The second-order valence-electron chi connectivity index (χ2n) is 11.6. The predicted molar refractivity (Wildman–Crippen MR) is 168 cm³/mol. The Hall–Kier alpha value is -0.0600. The van der Waals surface area contributed by atoms with E-state index in [1.54, 1.807) is 0 Å². The zero-order valence-corrected chi connectivity index (χ0v) is 29.3. The molecule has 0 aromatic carbocycles. The summed E-state index contributed by atoms with van der Waals surface area (Å²) in [7, 11) is -4.17. The van der Waals surface area contributed by atoms with E-state index in [1.807, 2.05) is 0 Å². The van der Waals surface area contributed by atoms with E-state index in [-0.39, 0.29) is 39.6 Å². The molecule has 286 valence electrons. The fourth-order valence-electron chi connectivity index (χ4n) is 4.66. The maximum Gasteiger partial charge on any atom is 0.329 e. The summed E-state index contributed by atoms with van der Waals surface area (Å²) >= 11 is 0. The molecule has 0 saturated carbocycles. The van der Waals surface area contributed by atoms with Crippen molar-refractivity contribution < 1.29 is 81.9 Å². The summed E-state index contributed by atoms with van der Waals surface area (Å²) in [4.78, 5) is 10.0. The Morgan fingerprint density at radius 1 is 0.708 bits per heavy atom. The lowest BCUT2D eigenvalue weighted by Gasteiger charge is -2.40. The Balaban J connectivity index is 1.49. The molecule has 0 amide bonds. The van der Waals surface area contributed by atoms with Gasteiger partial charge in [-0.05, 0) is 38.5 Å². The number of hydrogen-bond donors (Lipinski definition) is 9. The summed E-state index contributed by atoms with van der Waals surface area (Å²) in [6.45, 7) is 1.08. The molecule has 0 bridgehead atoms. The van der Waals surface area contributed by atoms with Crippen molar-refractivity contribution in [2.24, 2.45) is 11.5 Å². The van der Waals surface area contributed by atoms with Crippen molar-refractivity contribution >= 4 is 16.2 Å². The van der Waals surface area contributed by atoms with E-state index < -0.39 is 96.8 Å². The minimum atomic E-state index is -3.40. The molecular weight excluding hydrogens is 686 g/mol. The van der Waals surface area contributed by atoms with E-state index >= 15 is 0 Å². The SMILES string of the molecule is COC(COP(O)OCCCCCOC1OC(CO)C(O)C(O)C1N)COP(C)(=O)OCCCCCOC1OC(CO)C(O)C(O)C1N. The van der Waals surface area contributed by atoms with Gasteiger partial charge in [0.15, 0.2) is 12.6 Å². The highest BCUT2D eigenvalue weighted by molar-refractivity contribution is 7.52. The predicted octanol–water partition coefficient (Wildman–Crippen LogP) is -1.98. The maximum atomic E-state index is 12.6. The van der Waals surface area contributed by atoms with Crippen molar-refractivity contribution in [2.75, 3.05) is 66.6 Å². The van der Waals surface area contributed by atoms with Gasteiger partial charge in [-0.3, -0.25) is 4.57 Å². The molecule has 21 heteroatoms. The van der Waals surface area contributed by atoms with Gasteiger partial charge >= 0.3 is 16.2 Å². The van der Waals surface area contributed by atoms with Crippen molar-refractivity contribution in [2.45, 2.75) is 106 Å². The Kier molecular flexibility index (Phi) is 21.6. The molecule has 2 aliphatic heterocycles. The molecule has 2 rings (SSSR count). The van der Waals surface area contributed by atoms with Crippen LogP contribution in [0.3, 0.4) is 0 Å². The van der Waals surface area contributed by atoms with Gasteiger partial charge in [-0.1, -0.05) is 0 Å². The van der Waals surface area contributed by atoms with E-state index in [1.165, 1.54) is 13.8 Å². The van der Waals surface area contributed by atoms with E-state index in [9.17, 15) is 40.1 Å². The molecular formula is C27H56N2O17P2. The van der Waals surface area contributed by atoms with Gasteiger partial charge in [0.05, 0.1) is 51.7 Å². The molecule has 0 aromatic heterocycles. The van der Waals surface area contributed by atoms with Gasteiger partial charge in [0, 0.05) is 27.0 Å². The van der Waals surface area contributed by atoms with Gasteiger partial charge in [0.25, 0.3) is 0 Å². The van der Waals surface area contributed by atoms with E-state index in [0.717, 1.165) is 0 Å². The first-order valence-corrected chi connectivity index (χ1v) is 19.1. The highest BCUT2D eigenvalue weighted by Gasteiger charge is 2.44. The van der Waals surface area contributed by atoms with Gasteiger partial charge in [-0.25, -0.2) is 0 Å². The van der Waals surface area contributed by atoms with E-state index in [2.05, 4.69) is 0 Å². The minimum absolute atomic E-state index is 0.0764. The minimum Gasteiger partial charge on any atom is -0.394 e. The molecule has 2 aliphatic rings. The standard InChI is InChI=1S/C27H56N2O17P2/c1-38-17(15-42-47(36)41-11-7-3-5-9-39-26-20(28)24(34)22(32)18(13-30)45-26)16-44-48(2,37)43-12-8-4-6-10-40-27-21(29)25(35)23(33)19(14-31)46-27/h17-27,30-36H,3-16,28-29H2,1-2H3. The third kappa shape index (κ3) is 15.3. The molecule has 2 fully saturated rings. The smallest absolute Gasteiger partial charge is 0.329 e. The summed E-state index contributed by atoms with van der Waals surface area (Å²) in [5, 5.41) is 58.1. The molecule has 11 N–H and O–H groups in total. The Morgan fingerprint density at radius 3 is 1.67 bits per heavy atom. The van der Waals surface area contributed by atoms with Crippen molar-refractivity contribution in [3.8, 4) is 0 Å². The lowest BCUT2D eigenvalue weighted by molar-refractivity contribution is -0.265. The van der Waals surface area contributed by atoms with Gasteiger partial charge in [-0.15, -0.1) is 0 Å². The molecule has 13 unspecified atom stereocenters. The van der Waals surface area contributed by atoms with Crippen molar-refractivity contribution in [3.05, 3.63) is 0 Å². The number of unbranched alkanes of at least 4 members (excludes halogenated alkanes) is 4. The van der Waals surface area contributed by atoms with Crippen LogP contribution in [0.15, 0.2) is 0 Å². The zero-order chi connectivity index (χ0) is 35.7. The van der Waals surface area contributed by atoms with Crippen molar-refractivity contribution in [1.29, 1.82) is 0 Å². The molecule has 13 atom stereocenters. The van der Waals surface area contributed by atoms with Crippen LogP contribution < -0.4 is 11.5 Å². The summed E-state index contributed by atoms with van der Waals surface area (Å²) in [6.07, 6.45) is -6.02. The number of hydrogen-bond acceptors (Lipinski definition) is 19. The average molecular weight is 743 g/mol. The number of rotatable bonds is 25. The Morgan fingerprint density at radius 2 is 1.19 bits per heavy atom. The Bertz CT molecular complexity index is 899. The van der Waals surface area contributed by atoms with Gasteiger partial charge < -0.3 is 88.8 Å². The molecule has 0 aromatic rings. The number of nitrogens with two attached hydrogens (primary N) is 2. The first-order valence-electron chi connectivity index (χ1n) is 16.0. The fraction of sp³-hybridized carbons (Fsp3) is 1.00. The third-order valence-electron chi connectivity index (χ3n) is 7.72. The largest absolute Gasteiger partial charge is 0.394 e. The lowest BCUT2D eigenvalue weighted by Crippen LogP contribution is -2.62. The zero-order valence-electron chi connectivity index (χ0n) is 27.5. The molecule has 48 heavy (non-hydrogen) atoms. The summed E-state index contributed by atoms with van der Waals surface area (Å²) in [6, 6.07) is -1.92. The number of ether oxygens (including phenoxy) is 5. The molecule has 0 radical (unpaired) electrons. The van der Waals surface area contributed by atoms with Crippen LogP contribution in [0.4, 0.5) is 0 Å². The quantitative estimate of drug-likeness (QED) is 0.0362. The van der Waals surface area contributed by atoms with Crippen LogP contribution >= 0.6 is 16.2 Å². The first-order chi connectivity index (χ1) is 22.8.